The number of carboxylic acid groups (broad SMARTS) is 1. The number of carbonyl (C=O) groups is 3. The highest BCUT2D eigenvalue weighted by molar-refractivity contribution is 5.89. The SMILES string of the molecule is C=C(CC=C(C)C(=O)O)C(=O)OCC(OCC)OC(=O)CCC. The van der Waals surface area contributed by atoms with E-state index in [1.807, 2.05) is 6.92 Å². The van der Waals surface area contributed by atoms with Crippen molar-refractivity contribution in [1.82, 2.24) is 0 Å². The molecule has 0 aromatic rings. The van der Waals surface area contributed by atoms with Crippen molar-refractivity contribution in [3.8, 4) is 0 Å². The molecule has 0 aromatic heterocycles. The Balaban J connectivity index is 4.40. The van der Waals surface area contributed by atoms with Crippen LogP contribution in [-0.2, 0) is 28.6 Å². The monoisotopic (exact) mass is 328 g/mol. The van der Waals surface area contributed by atoms with Gasteiger partial charge in [0, 0.05) is 24.2 Å². The van der Waals surface area contributed by atoms with Gasteiger partial charge in [-0.2, -0.15) is 0 Å². The van der Waals surface area contributed by atoms with Gasteiger partial charge in [0.25, 0.3) is 0 Å². The molecule has 0 saturated carbocycles. The van der Waals surface area contributed by atoms with Crippen LogP contribution in [0.2, 0.25) is 0 Å². The van der Waals surface area contributed by atoms with Crippen LogP contribution in [-0.4, -0.2) is 42.5 Å². The number of hydrogen-bond acceptors (Lipinski definition) is 6. The third kappa shape index (κ3) is 9.46. The molecule has 0 aliphatic carbocycles. The Morgan fingerprint density at radius 3 is 2.43 bits per heavy atom. The molecule has 1 atom stereocenters. The summed E-state index contributed by atoms with van der Waals surface area (Å²) >= 11 is 0. The van der Waals surface area contributed by atoms with Crippen LogP contribution in [0.3, 0.4) is 0 Å². The fourth-order valence-corrected chi connectivity index (χ4v) is 1.40. The van der Waals surface area contributed by atoms with Gasteiger partial charge in [0.1, 0.15) is 0 Å². The molecule has 0 amide bonds. The van der Waals surface area contributed by atoms with Crippen molar-refractivity contribution in [2.75, 3.05) is 13.2 Å². The molecule has 0 aliphatic heterocycles. The highest BCUT2D eigenvalue weighted by Crippen LogP contribution is 2.08. The lowest BCUT2D eigenvalue weighted by atomic mass is 10.1. The Labute approximate surface area is 135 Å². The Kier molecular flexibility index (Phi) is 10.4. The lowest BCUT2D eigenvalue weighted by Gasteiger charge is -2.17. The van der Waals surface area contributed by atoms with E-state index in [1.165, 1.54) is 13.0 Å². The van der Waals surface area contributed by atoms with E-state index in [9.17, 15) is 14.4 Å². The molecule has 7 heteroatoms. The second-order valence-electron chi connectivity index (χ2n) is 4.72. The van der Waals surface area contributed by atoms with Crippen LogP contribution in [0.15, 0.2) is 23.8 Å². The van der Waals surface area contributed by atoms with Crippen molar-refractivity contribution >= 4 is 17.9 Å². The summed E-state index contributed by atoms with van der Waals surface area (Å²) in [4.78, 5) is 33.8. The Morgan fingerprint density at radius 2 is 1.91 bits per heavy atom. The van der Waals surface area contributed by atoms with Gasteiger partial charge in [-0.15, -0.1) is 0 Å². The summed E-state index contributed by atoms with van der Waals surface area (Å²) in [6, 6.07) is 0. The first kappa shape index (κ1) is 20.9. The maximum Gasteiger partial charge on any atom is 0.333 e. The average Bonchev–Trinajstić information content (AvgIpc) is 2.49. The molecular formula is C16H24O7. The maximum atomic E-state index is 11.8. The minimum Gasteiger partial charge on any atom is -0.478 e. The second kappa shape index (κ2) is 11.4. The number of esters is 2. The lowest BCUT2D eigenvalue weighted by Crippen LogP contribution is -2.28. The Morgan fingerprint density at radius 1 is 1.26 bits per heavy atom. The van der Waals surface area contributed by atoms with E-state index < -0.39 is 24.2 Å². The molecule has 0 heterocycles. The molecule has 0 saturated heterocycles. The quantitative estimate of drug-likeness (QED) is 0.352. The van der Waals surface area contributed by atoms with Crippen molar-refractivity contribution in [3.05, 3.63) is 23.8 Å². The van der Waals surface area contributed by atoms with E-state index in [0.29, 0.717) is 13.0 Å². The van der Waals surface area contributed by atoms with Crippen LogP contribution < -0.4 is 0 Å². The molecule has 0 fully saturated rings. The van der Waals surface area contributed by atoms with Crippen molar-refractivity contribution in [3.63, 3.8) is 0 Å². The molecule has 1 N–H and O–H groups in total. The first-order valence-electron chi connectivity index (χ1n) is 7.37. The third-order valence-corrected chi connectivity index (χ3v) is 2.70. The molecule has 0 aromatic carbocycles. The van der Waals surface area contributed by atoms with Crippen molar-refractivity contribution in [2.24, 2.45) is 0 Å². The van der Waals surface area contributed by atoms with E-state index in [1.54, 1.807) is 6.92 Å². The van der Waals surface area contributed by atoms with Gasteiger partial charge in [-0.05, 0) is 26.7 Å². The zero-order valence-electron chi connectivity index (χ0n) is 13.8. The molecule has 0 rings (SSSR count). The average molecular weight is 328 g/mol. The molecule has 7 nitrogen and oxygen atoms in total. The smallest absolute Gasteiger partial charge is 0.333 e. The Hall–Kier alpha value is -2.15. The maximum absolute atomic E-state index is 11.8. The fourth-order valence-electron chi connectivity index (χ4n) is 1.40. The number of carbonyl (C=O) groups excluding carboxylic acids is 2. The van der Waals surface area contributed by atoms with E-state index in [4.69, 9.17) is 19.3 Å². The van der Waals surface area contributed by atoms with Crippen molar-refractivity contribution in [2.45, 2.75) is 46.3 Å². The van der Waals surface area contributed by atoms with Gasteiger partial charge in [-0.3, -0.25) is 4.79 Å². The number of carboxylic acids is 1. The second-order valence-corrected chi connectivity index (χ2v) is 4.72. The van der Waals surface area contributed by atoms with Gasteiger partial charge < -0.3 is 19.3 Å². The first-order chi connectivity index (χ1) is 10.8. The van der Waals surface area contributed by atoms with Gasteiger partial charge >= 0.3 is 17.9 Å². The van der Waals surface area contributed by atoms with E-state index in [2.05, 4.69) is 6.58 Å². The summed E-state index contributed by atoms with van der Waals surface area (Å²) in [5.74, 6) is -2.19. The van der Waals surface area contributed by atoms with Crippen LogP contribution in [0.25, 0.3) is 0 Å². The third-order valence-electron chi connectivity index (χ3n) is 2.70. The van der Waals surface area contributed by atoms with Crippen LogP contribution in [0, 0.1) is 0 Å². The number of allylic oxidation sites excluding steroid dienone is 1. The van der Waals surface area contributed by atoms with Gasteiger partial charge in [0.05, 0.1) is 0 Å². The van der Waals surface area contributed by atoms with E-state index >= 15 is 0 Å². The van der Waals surface area contributed by atoms with E-state index in [0.717, 1.165) is 0 Å². The minimum absolute atomic E-state index is 0.0614. The van der Waals surface area contributed by atoms with Crippen LogP contribution in [0.1, 0.15) is 40.0 Å². The summed E-state index contributed by atoms with van der Waals surface area (Å²) < 4.78 is 15.2. The summed E-state index contributed by atoms with van der Waals surface area (Å²) in [5, 5.41) is 8.72. The first-order valence-corrected chi connectivity index (χ1v) is 7.37. The van der Waals surface area contributed by atoms with Gasteiger partial charge in [-0.25, -0.2) is 9.59 Å². The zero-order chi connectivity index (χ0) is 17.8. The summed E-state index contributed by atoms with van der Waals surface area (Å²) in [6.07, 6.45) is 1.36. The molecule has 0 radical (unpaired) electrons. The molecule has 0 spiro atoms. The summed E-state index contributed by atoms with van der Waals surface area (Å²) in [7, 11) is 0. The largest absolute Gasteiger partial charge is 0.478 e. The molecule has 0 aliphatic rings. The topological polar surface area (TPSA) is 99.1 Å². The predicted molar refractivity (Wildman–Crippen MR) is 82.5 cm³/mol. The van der Waals surface area contributed by atoms with Crippen LogP contribution in [0.4, 0.5) is 0 Å². The number of rotatable bonds is 11. The summed E-state index contributed by atoms with van der Waals surface area (Å²) in [5.41, 5.74) is 0.209. The standard InChI is InChI=1S/C16H24O7/c1-5-7-13(17)23-14(21-6-2)10-22-16(20)12(4)9-8-11(3)15(18)19/h8,14H,4-7,9-10H2,1-3H3,(H,18,19). The van der Waals surface area contributed by atoms with Crippen LogP contribution in [0.5, 0.6) is 0 Å². The highest BCUT2D eigenvalue weighted by Gasteiger charge is 2.17. The van der Waals surface area contributed by atoms with Crippen LogP contribution >= 0.6 is 0 Å². The van der Waals surface area contributed by atoms with E-state index in [-0.39, 0.29) is 30.6 Å². The van der Waals surface area contributed by atoms with Gasteiger partial charge in [0.2, 0.25) is 6.29 Å². The molecule has 0 bridgehead atoms. The molecule has 1 unspecified atom stereocenters. The number of ether oxygens (including phenoxy) is 3. The summed E-state index contributed by atoms with van der Waals surface area (Å²) in [6.45, 7) is 8.57. The predicted octanol–water partition coefficient (Wildman–Crippen LogP) is 2.21. The highest BCUT2D eigenvalue weighted by atomic mass is 16.7. The molecule has 130 valence electrons. The zero-order valence-corrected chi connectivity index (χ0v) is 13.8. The van der Waals surface area contributed by atoms with Gasteiger partial charge in [-0.1, -0.05) is 19.6 Å². The molecule has 23 heavy (non-hydrogen) atoms. The Bertz CT molecular complexity index is 465. The van der Waals surface area contributed by atoms with Crippen molar-refractivity contribution < 1.29 is 33.7 Å². The number of aliphatic carboxylic acids is 1. The lowest BCUT2D eigenvalue weighted by molar-refractivity contribution is -0.192. The van der Waals surface area contributed by atoms with Gasteiger partial charge in [0.15, 0.2) is 6.61 Å². The normalized spacial score (nSPS) is 12.4. The number of hydrogen-bond donors (Lipinski definition) is 1. The van der Waals surface area contributed by atoms with Crippen molar-refractivity contribution in [1.29, 1.82) is 0 Å². The molecular weight excluding hydrogens is 304 g/mol. The fraction of sp³-hybridized carbons (Fsp3) is 0.562. The minimum atomic E-state index is -1.06.